The zero-order valence-electron chi connectivity index (χ0n) is 20.9. The van der Waals surface area contributed by atoms with Crippen LogP contribution in [0.3, 0.4) is 0 Å². The van der Waals surface area contributed by atoms with Gasteiger partial charge in [-0.1, -0.05) is 49.4 Å². The Morgan fingerprint density at radius 1 is 1.05 bits per heavy atom. The minimum absolute atomic E-state index is 0.171. The molecule has 0 bridgehead atoms. The van der Waals surface area contributed by atoms with Crippen LogP contribution < -0.4 is 5.32 Å². The second-order valence-electron chi connectivity index (χ2n) is 8.83. The van der Waals surface area contributed by atoms with Gasteiger partial charge in [-0.15, -0.1) is 0 Å². The number of nitrogens with one attached hydrogen (secondary N) is 1. The first kappa shape index (κ1) is 27.3. The summed E-state index contributed by atoms with van der Waals surface area (Å²) >= 11 is 0. The standard InChI is InChI=1S/C26H29N3O8S/c1-2-19(23(30)25-28-20-10-6-7-11-21(20)36-25)27-24(31)22(37-26(32)29-12-14-35-15-13-29)17-38(33,34)16-18-8-4-3-5-9-18/h3-11,19,22H,2,12-17H2,1H3,(H,27,31)/t19-,22-/m0/s1. The highest BCUT2D eigenvalue weighted by Crippen LogP contribution is 2.17. The third-order valence-corrected chi connectivity index (χ3v) is 7.57. The van der Waals surface area contributed by atoms with Crippen LogP contribution in [-0.2, 0) is 29.9 Å². The zero-order chi connectivity index (χ0) is 27.1. The fraction of sp³-hybridized carbons (Fsp3) is 0.385. The molecule has 2 heterocycles. The average Bonchev–Trinajstić information content (AvgIpc) is 3.36. The van der Waals surface area contributed by atoms with Crippen molar-refractivity contribution >= 4 is 38.7 Å². The number of morpholine rings is 1. The third-order valence-electron chi connectivity index (χ3n) is 5.99. The number of hydrogen-bond acceptors (Lipinski definition) is 9. The number of oxazole rings is 1. The highest BCUT2D eigenvalue weighted by molar-refractivity contribution is 7.90. The minimum Gasteiger partial charge on any atom is -0.435 e. The first-order chi connectivity index (χ1) is 18.3. The van der Waals surface area contributed by atoms with Gasteiger partial charge >= 0.3 is 6.09 Å². The molecule has 2 amide bonds. The molecule has 0 radical (unpaired) electrons. The number of para-hydroxylation sites is 2. The van der Waals surface area contributed by atoms with E-state index in [0.717, 1.165) is 0 Å². The predicted molar refractivity (Wildman–Crippen MR) is 137 cm³/mol. The molecule has 1 aliphatic rings. The molecule has 4 rings (SSSR count). The summed E-state index contributed by atoms with van der Waals surface area (Å²) in [6.07, 6.45) is -2.34. The second-order valence-corrected chi connectivity index (χ2v) is 10.9. The summed E-state index contributed by atoms with van der Waals surface area (Å²) in [5, 5.41) is 2.53. The summed E-state index contributed by atoms with van der Waals surface area (Å²) in [4.78, 5) is 44.6. The highest BCUT2D eigenvalue weighted by atomic mass is 32.2. The number of hydrogen-bond donors (Lipinski definition) is 1. The van der Waals surface area contributed by atoms with Gasteiger partial charge in [0.15, 0.2) is 21.5 Å². The Morgan fingerprint density at radius 2 is 1.74 bits per heavy atom. The molecule has 0 spiro atoms. The molecule has 1 aliphatic heterocycles. The van der Waals surface area contributed by atoms with Crippen molar-refractivity contribution in [3.05, 3.63) is 66.1 Å². The first-order valence-electron chi connectivity index (χ1n) is 12.2. The lowest BCUT2D eigenvalue weighted by Crippen LogP contribution is -2.51. The number of aromatic nitrogens is 1. The summed E-state index contributed by atoms with van der Waals surface area (Å²) in [5.74, 6) is -2.76. The maximum absolute atomic E-state index is 13.3. The first-order valence-corrected chi connectivity index (χ1v) is 14.1. The smallest absolute Gasteiger partial charge is 0.410 e. The number of sulfone groups is 1. The van der Waals surface area contributed by atoms with Gasteiger partial charge in [0.25, 0.3) is 11.8 Å². The van der Waals surface area contributed by atoms with Crippen LogP contribution in [0.2, 0.25) is 0 Å². The molecule has 0 unspecified atom stereocenters. The molecule has 1 aromatic heterocycles. The van der Waals surface area contributed by atoms with Gasteiger partial charge < -0.3 is 24.1 Å². The fourth-order valence-corrected chi connectivity index (χ4v) is 5.47. The van der Waals surface area contributed by atoms with Crippen molar-refractivity contribution in [2.75, 3.05) is 32.1 Å². The molecule has 1 saturated heterocycles. The monoisotopic (exact) mass is 543 g/mol. The van der Waals surface area contributed by atoms with Crippen LogP contribution in [0.25, 0.3) is 11.1 Å². The van der Waals surface area contributed by atoms with E-state index in [1.165, 1.54) is 4.90 Å². The number of Topliss-reactive ketones (excluding diaryl/α,β-unsaturated/α-hetero) is 1. The number of benzene rings is 2. The van der Waals surface area contributed by atoms with Crippen molar-refractivity contribution in [1.82, 2.24) is 15.2 Å². The van der Waals surface area contributed by atoms with Crippen molar-refractivity contribution in [2.45, 2.75) is 31.2 Å². The van der Waals surface area contributed by atoms with Crippen molar-refractivity contribution < 1.29 is 36.7 Å². The van der Waals surface area contributed by atoms with E-state index in [-0.39, 0.29) is 31.2 Å². The van der Waals surface area contributed by atoms with Crippen molar-refractivity contribution in [1.29, 1.82) is 0 Å². The summed E-state index contributed by atoms with van der Waals surface area (Å²) in [7, 11) is -3.88. The molecule has 11 nitrogen and oxygen atoms in total. The van der Waals surface area contributed by atoms with Gasteiger partial charge in [0.2, 0.25) is 5.78 Å². The van der Waals surface area contributed by atoms with E-state index in [9.17, 15) is 22.8 Å². The third kappa shape index (κ3) is 6.95. The van der Waals surface area contributed by atoms with Gasteiger partial charge in [-0.3, -0.25) is 9.59 Å². The van der Waals surface area contributed by atoms with Gasteiger partial charge in [0, 0.05) is 13.1 Å². The van der Waals surface area contributed by atoms with E-state index < -0.39 is 45.5 Å². The molecule has 202 valence electrons. The van der Waals surface area contributed by atoms with E-state index >= 15 is 0 Å². The summed E-state index contributed by atoms with van der Waals surface area (Å²) in [6.45, 7) is 2.77. The van der Waals surface area contributed by atoms with Crippen molar-refractivity contribution in [3.8, 4) is 0 Å². The van der Waals surface area contributed by atoms with Crippen molar-refractivity contribution in [2.24, 2.45) is 0 Å². The van der Waals surface area contributed by atoms with Gasteiger partial charge in [-0.2, -0.15) is 0 Å². The van der Waals surface area contributed by atoms with Crippen LogP contribution >= 0.6 is 0 Å². The molecule has 3 aromatic rings. The molecular formula is C26H29N3O8S. The predicted octanol–water partition coefficient (Wildman–Crippen LogP) is 2.36. The van der Waals surface area contributed by atoms with Crippen LogP contribution in [-0.4, -0.2) is 80.3 Å². The number of fused-ring (bicyclic) bond motifs is 1. The van der Waals surface area contributed by atoms with Crippen molar-refractivity contribution in [3.63, 3.8) is 0 Å². The molecular weight excluding hydrogens is 514 g/mol. The summed E-state index contributed by atoms with van der Waals surface area (Å²) in [5.41, 5.74) is 1.44. The Hall–Kier alpha value is -3.77. The van der Waals surface area contributed by atoms with E-state index in [1.54, 1.807) is 61.5 Å². The van der Waals surface area contributed by atoms with Gasteiger partial charge in [-0.25, -0.2) is 18.2 Å². The van der Waals surface area contributed by atoms with Crippen LogP contribution in [0.5, 0.6) is 0 Å². The normalized spacial score (nSPS) is 15.6. The zero-order valence-corrected chi connectivity index (χ0v) is 21.7. The number of nitrogens with zero attached hydrogens (tertiary/aromatic N) is 2. The lowest BCUT2D eigenvalue weighted by molar-refractivity contribution is -0.129. The number of rotatable bonds is 10. The lowest BCUT2D eigenvalue weighted by atomic mass is 10.1. The van der Waals surface area contributed by atoms with Gasteiger partial charge in [-0.05, 0) is 24.1 Å². The number of ketones is 1. The highest BCUT2D eigenvalue weighted by Gasteiger charge is 2.34. The lowest BCUT2D eigenvalue weighted by Gasteiger charge is -2.28. The van der Waals surface area contributed by atoms with Crippen LogP contribution in [0.4, 0.5) is 4.79 Å². The van der Waals surface area contributed by atoms with E-state index in [0.29, 0.717) is 29.9 Å². The van der Waals surface area contributed by atoms with E-state index in [2.05, 4.69) is 10.3 Å². The fourth-order valence-electron chi connectivity index (χ4n) is 3.97. The molecule has 12 heteroatoms. The Bertz CT molecular complexity index is 1350. The number of amides is 2. The molecule has 2 atom stereocenters. The molecule has 1 N–H and O–H groups in total. The quantitative estimate of drug-likeness (QED) is 0.381. The van der Waals surface area contributed by atoms with E-state index in [1.807, 2.05) is 0 Å². The van der Waals surface area contributed by atoms with Gasteiger partial charge in [0.05, 0.1) is 30.8 Å². The molecule has 1 fully saturated rings. The summed E-state index contributed by atoms with van der Waals surface area (Å²) in [6, 6.07) is 14.2. The maximum Gasteiger partial charge on any atom is 0.410 e. The Kier molecular flexibility index (Phi) is 8.74. The second kappa shape index (κ2) is 12.2. The van der Waals surface area contributed by atoms with Crippen LogP contribution in [0.1, 0.15) is 29.6 Å². The number of ether oxygens (including phenoxy) is 2. The molecule has 0 aliphatic carbocycles. The summed E-state index contributed by atoms with van der Waals surface area (Å²) < 4.78 is 42.1. The SMILES string of the molecule is CC[C@H](NC(=O)[C@H](CS(=O)(=O)Cc1ccccc1)OC(=O)N1CCOCC1)C(=O)c1nc2ccccc2o1. The number of carbonyl (C=O) groups is 3. The van der Waals surface area contributed by atoms with E-state index in [4.69, 9.17) is 13.9 Å². The largest absolute Gasteiger partial charge is 0.435 e. The van der Waals surface area contributed by atoms with Gasteiger partial charge in [0.1, 0.15) is 5.52 Å². The minimum atomic E-state index is -3.88. The maximum atomic E-state index is 13.3. The topological polar surface area (TPSA) is 145 Å². The Balaban J connectivity index is 1.51. The molecule has 38 heavy (non-hydrogen) atoms. The molecule has 0 saturated carbocycles. The van der Waals surface area contributed by atoms with Crippen LogP contribution in [0, 0.1) is 0 Å². The Labute approximate surface area is 220 Å². The average molecular weight is 544 g/mol. The number of carbonyl (C=O) groups excluding carboxylic acids is 3. The van der Waals surface area contributed by atoms with Crippen LogP contribution in [0.15, 0.2) is 59.0 Å². The molecule has 2 aromatic carbocycles. The Morgan fingerprint density at radius 3 is 2.42 bits per heavy atom.